The summed E-state index contributed by atoms with van der Waals surface area (Å²) in [6.07, 6.45) is 10.4. The fourth-order valence-corrected chi connectivity index (χ4v) is 6.10. The quantitative estimate of drug-likeness (QED) is 0.200. The zero-order valence-corrected chi connectivity index (χ0v) is 29.1. The molecular weight excluding hydrogens is 564 g/mol. The molecule has 8 nitrogen and oxygen atoms in total. The first kappa shape index (κ1) is 37.8. The molecule has 0 spiro atoms. The molecule has 0 radical (unpaired) electrons. The van der Waals surface area contributed by atoms with Crippen molar-refractivity contribution in [3.8, 4) is 5.75 Å². The van der Waals surface area contributed by atoms with Crippen LogP contribution in [0, 0.1) is 23.7 Å². The van der Waals surface area contributed by atoms with Gasteiger partial charge in [-0.25, -0.2) is 0 Å². The predicted octanol–water partition coefficient (Wildman–Crippen LogP) is 6.30. The third-order valence-electron chi connectivity index (χ3n) is 9.33. The summed E-state index contributed by atoms with van der Waals surface area (Å²) in [5, 5.41) is 18.0. The highest BCUT2D eigenvalue weighted by atomic mass is 16.5. The SMILES string of the molecule is C=C1Nc2cc(CC(=O)N(C)CCNC)cc(c2O)C(C)[C@@H](C)CC(OC)C[C@@H](C)/C=C(\C)C(CC(N)=O)C(C)/C=C\C=C\1C. The van der Waals surface area contributed by atoms with E-state index in [4.69, 9.17) is 10.5 Å². The molecule has 4 unspecified atom stereocenters. The van der Waals surface area contributed by atoms with Crippen molar-refractivity contribution in [3.63, 3.8) is 0 Å². The number of amides is 2. The Kier molecular flexibility index (Phi) is 15.1. The maximum Gasteiger partial charge on any atom is 0.226 e. The molecule has 6 atom stereocenters. The van der Waals surface area contributed by atoms with E-state index in [-0.39, 0.29) is 66.1 Å². The highest BCUT2D eigenvalue weighted by Crippen LogP contribution is 2.40. The van der Waals surface area contributed by atoms with Crippen LogP contribution in [0.25, 0.3) is 0 Å². The van der Waals surface area contributed by atoms with Crippen molar-refractivity contribution >= 4 is 17.5 Å². The number of ether oxygens (including phenoxy) is 1. The van der Waals surface area contributed by atoms with Crippen molar-refractivity contribution in [2.45, 2.75) is 79.2 Å². The number of nitrogens with two attached hydrogens (primary N) is 1. The zero-order valence-electron chi connectivity index (χ0n) is 29.1. The van der Waals surface area contributed by atoms with Gasteiger partial charge in [-0.05, 0) is 86.1 Å². The fraction of sp³-hybridized carbons (Fsp3) is 0.568. The topological polar surface area (TPSA) is 117 Å². The largest absolute Gasteiger partial charge is 0.505 e. The molecule has 1 heterocycles. The molecule has 1 aromatic rings. The van der Waals surface area contributed by atoms with Crippen LogP contribution in [-0.2, 0) is 20.7 Å². The summed E-state index contributed by atoms with van der Waals surface area (Å²) >= 11 is 0. The average molecular weight is 623 g/mol. The molecule has 0 saturated carbocycles. The lowest BCUT2D eigenvalue weighted by atomic mass is 9.81. The van der Waals surface area contributed by atoms with Gasteiger partial charge in [-0.1, -0.05) is 70.2 Å². The lowest BCUT2D eigenvalue weighted by Gasteiger charge is -2.28. The van der Waals surface area contributed by atoms with Crippen molar-refractivity contribution in [1.82, 2.24) is 10.2 Å². The number of carbonyl (C=O) groups is 2. The molecule has 0 aromatic heterocycles. The lowest BCUT2D eigenvalue weighted by molar-refractivity contribution is -0.129. The molecule has 2 bridgehead atoms. The molecule has 0 fully saturated rings. The third kappa shape index (κ3) is 11.5. The summed E-state index contributed by atoms with van der Waals surface area (Å²) in [7, 11) is 5.43. The van der Waals surface area contributed by atoms with E-state index in [1.165, 1.54) is 0 Å². The van der Waals surface area contributed by atoms with Gasteiger partial charge in [-0.2, -0.15) is 0 Å². The van der Waals surface area contributed by atoms with Gasteiger partial charge in [0.2, 0.25) is 11.8 Å². The van der Waals surface area contributed by atoms with Crippen molar-refractivity contribution in [2.24, 2.45) is 29.4 Å². The number of primary amides is 1. The molecule has 1 aliphatic rings. The number of likely N-dealkylation sites (N-methyl/N-ethyl adjacent to an activating group) is 2. The van der Waals surface area contributed by atoms with Gasteiger partial charge in [0.05, 0.1) is 18.2 Å². The molecule has 5 N–H and O–H groups in total. The number of methoxy groups -OCH3 is 1. The van der Waals surface area contributed by atoms with Crippen LogP contribution in [0.15, 0.2) is 59.9 Å². The minimum atomic E-state index is -0.312. The van der Waals surface area contributed by atoms with Crippen LogP contribution in [0.3, 0.4) is 0 Å². The van der Waals surface area contributed by atoms with Crippen molar-refractivity contribution in [1.29, 1.82) is 0 Å². The minimum Gasteiger partial charge on any atom is -0.505 e. The first-order valence-corrected chi connectivity index (χ1v) is 16.2. The van der Waals surface area contributed by atoms with E-state index in [1.54, 1.807) is 12.0 Å². The van der Waals surface area contributed by atoms with Crippen LogP contribution in [-0.4, -0.2) is 62.2 Å². The molecule has 2 rings (SSSR count). The summed E-state index contributed by atoms with van der Waals surface area (Å²) in [6.45, 7) is 18.2. The number of nitrogens with zero attached hydrogens (tertiary/aromatic N) is 1. The van der Waals surface area contributed by atoms with E-state index in [0.717, 1.165) is 35.1 Å². The monoisotopic (exact) mass is 622 g/mol. The first-order valence-electron chi connectivity index (χ1n) is 16.2. The van der Waals surface area contributed by atoms with Crippen molar-refractivity contribution in [3.05, 3.63) is 71.0 Å². The maximum atomic E-state index is 13.1. The number of hydrogen-bond donors (Lipinski definition) is 4. The molecule has 0 saturated heterocycles. The molecule has 1 aliphatic heterocycles. The number of phenols is 1. The van der Waals surface area contributed by atoms with Gasteiger partial charge in [-0.15, -0.1) is 0 Å². The van der Waals surface area contributed by atoms with Crippen molar-refractivity contribution < 1.29 is 19.4 Å². The number of rotatable bonds is 8. The van der Waals surface area contributed by atoms with Gasteiger partial charge in [0.15, 0.2) is 0 Å². The number of fused-ring (bicyclic) bond motifs is 2. The van der Waals surface area contributed by atoms with Crippen LogP contribution in [0.2, 0.25) is 0 Å². The summed E-state index contributed by atoms with van der Waals surface area (Å²) < 4.78 is 5.97. The first-order chi connectivity index (χ1) is 21.2. The second kappa shape index (κ2) is 18.0. The number of carbonyl (C=O) groups excluding carboxylic acids is 2. The van der Waals surface area contributed by atoms with Gasteiger partial charge in [0.25, 0.3) is 0 Å². The summed E-state index contributed by atoms with van der Waals surface area (Å²) in [4.78, 5) is 26.8. The van der Waals surface area contributed by atoms with Crippen LogP contribution in [0.1, 0.15) is 77.8 Å². The van der Waals surface area contributed by atoms with E-state index in [0.29, 0.717) is 24.5 Å². The second-order valence-corrected chi connectivity index (χ2v) is 13.1. The zero-order chi connectivity index (χ0) is 33.8. The minimum absolute atomic E-state index is 0.00454. The van der Waals surface area contributed by atoms with Crippen LogP contribution in [0.5, 0.6) is 5.75 Å². The summed E-state index contributed by atoms with van der Waals surface area (Å²) in [6, 6.07) is 3.82. The van der Waals surface area contributed by atoms with E-state index < -0.39 is 0 Å². The molecule has 45 heavy (non-hydrogen) atoms. The Morgan fingerprint density at radius 2 is 1.87 bits per heavy atom. The Balaban J connectivity index is 2.60. The molecule has 2 amide bonds. The number of nitrogens with one attached hydrogen (secondary N) is 2. The number of benzene rings is 1. The molecule has 0 aliphatic carbocycles. The van der Waals surface area contributed by atoms with Gasteiger partial charge in [0.1, 0.15) is 5.75 Å². The third-order valence-corrected chi connectivity index (χ3v) is 9.33. The van der Waals surface area contributed by atoms with Crippen LogP contribution in [0.4, 0.5) is 5.69 Å². The van der Waals surface area contributed by atoms with Crippen molar-refractivity contribution in [2.75, 3.05) is 39.6 Å². The fourth-order valence-electron chi connectivity index (χ4n) is 6.10. The normalized spacial score (nSPS) is 28.2. The summed E-state index contributed by atoms with van der Waals surface area (Å²) in [5.74, 6) is 0.343. The maximum absolute atomic E-state index is 13.1. The number of anilines is 1. The molecular formula is C37H58N4O4. The Morgan fingerprint density at radius 1 is 1.18 bits per heavy atom. The highest BCUT2D eigenvalue weighted by Gasteiger charge is 2.26. The van der Waals surface area contributed by atoms with Gasteiger partial charge in [0, 0.05) is 39.4 Å². The van der Waals surface area contributed by atoms with Gasteiger partial charge in [-0.3, -0.25) is 9.59 Å². The van der Waals surface area contributed by atoms with E-state index in [9.17, 15) is 14.7 Å². The predicted molar refractivity (Wildman–Crippen MR) is 186 cm³/mol. The van der Waals surface area contributed by atoms with E-state index in [2.05, 4.69) is 64.0 Å². The summed E-state index contributed by atoms with van der Waals surface area (Å²) in [5.41, 5.74) is 10.5. The molecule has 1 aromatic carbocycles. The van der Waals surface area contributed by atoms with Crippen LogP contribution >= 0.6 is 0 Å². The Labute approximate surface area is 271 Å². The lowest BCUT2D eigenvalue weighted by Crippen LogP contribution is -2.33. The Bertz CT molecular complexity index is 1270. The number of hydrogen-bond acceptors (Lipinski definition) is 6. The smallest absolute Gasteiger partial charge is 0.226 e. The highest BCUT2D eigenvalue weighted by molar-refractivity contribution is 5.80. The molecule has 250 valence electrons. The van der Waals surface area contributed by atoms with E-state index >= 15 is 0 Å². The Hall–Kier alpha value is -3.36. The van der Waals surface area contributed by atoms with Crippen LogP contribution < -0.4 is 16.4 Å². The molecule has 8 heteroatoms. The number of allylic oxidation sites excluding steroid dienone is 6. The Morgan fingerprint density at radius 3 is 2.49 bits per heavy atom. The van der Waals surface area contributed by atoms with E-state index in [1.807, 2.05) is 45.3 Å². The standard InChI is InChI=1S/C37H58N4O4/c1-23-16-27(5)32(22-35(38)42)25(3)13-11-12-24(2)29(7)40-34-20-30(21-36(43)41(9)15-14-39-8)19-33(37(34)44)28(6)26(4)18-31(17-23)45-10/h11-13,16,19-20,23,25-26,28,31-32,39-40,44H,7,14-15,17-18,21-22H2,1-6,8-10H3,(H2,38,42)/b13-11-,24-12+,27-16+/t23-,25?,26-,28?,31?,32?/m0/s1. The average Bonchev–Trinajstić information content (AvgIpc) is 2.98. The van der Waals surface area contributed by atoms with Gasteiger partial charge >= 0.3 is 0 Å². The number of phenolic OH excluding ortho intramolecular Hbond substituents is 1. The second-order valence-electron chi connectivity index (χ2n) is 13.1. The number of aromatic hydroxyl groups is 1. The van der Waals surface area contributed by atoms with Gasteiger partial charge < -0.3 is 31.1 Å².